The van der Waals surface area contributed by atoms with Crippen molar-refractivity contribution in [2.75, 3.05) is 0 Å². The summed E-state index contributed by atoms with van der Waals surface area (Å²) in [5.41, 5.74) is 6.91. The molecule has 0 saturated heterocycles. The number of aryl methyl sites for hydroxylation is 1. The molecule has 138 valence electrons. The van der Waals surface area contributed by atoms with E-state index in [-0.39, 0.29) is 0 Å². The van der Waals surface area contributed by atoms with Gasteiger partial charge in [-0.05, 0) is 28.9 Å². The van der Waals surface area contributed by atoms with Crippen LogP contribution < -0.4 is 0 Å². The average molecular weight is 366 g/mol. The number of nitrogens with zero attached hydrogens (tertiary/aromatic N) is 4. The summed E-state index contributed by atoms with van der Waals surface area (Å²) in [4.78, 5) is 13.8. The van der Waals surface area contributed by atoms with E-state index in [0.717, 1.165) is 39.6 Å². The lowest BCUT2D eigenvalue weighted by atomic mass is 9.90. The van der Waals surface area contributed by atoms with E-state index in [4.69, 9.17) is 4.98 Å². The molecule has 28 heavy (non-hydrogen) atoms. The second kappa shape index (κ2) is 6.41. The van der Waals surface area contributed by atoms with Gasteiger partial charge in [-0.2, -0.15) is 0 Å². The predicted octanol–water partition coefficient (Wildman–Crippen LogP) is 5.78. The molecule has 0 aliphatic carbocycles. The van der Waals surface area contributed by atoms with Crippen molar-refractivity contribution in [3.8, 4) is 11.3 Å². The first kappa shape index (κ1) is 16.9. The highest BCUT2D eigenvalue weighted by Gasteiger charge is 2.19. The molecule has 0 saturated carbocycles. The molecule has 2 aromatic carbocycles. The van der Waals surface area contributed by atoms with Gasteiger partial charge in [-0.3, -0.25) is 4.40 Å². The lowest BCUT2D eigenvalue weighted by molar-refractivity contribution is 0.863. The minimum absolute atomic E-state index is 0.424. The zero-order chi connectivity index (χ0) is 19.3. The maximum Gasteiger partial charge on any atom is 0.150 e. The summed E-state index contributed by atoms with van der Waals surface area (Å²) in [5.74, 6) is 0.424. The molecule has 0 fully saturated rings. The second-order valence-corrected chi connectivity index (χ2v) is 7.50. The fraction of sp³-hybridized carbons (Fsp3) is 0.208. The molecule has 4 heteroatoms. The highest BCUT2D eigenvalue weighted by atomic mass is 15.1. The number of hydrogen-bond acceptors (Lipinski definition) is 3. The Labute approximate surface area is 163 Å². The molecule has 0 unspecified atom stereocenters. The first-order chi connectivity index (χ1) is 13.7. The van der Waals surface area contributed by atoms with E-state index in [0.29, 0.717) is 5.92 Å². The summed E-state index contributed by atoms with van der Waals surface area (Å²) in [6, 6.07) is 15.0. The number of hydrogen-bond donors (Lipinski definition) is 0. The second-order valence-electron chi connectivity index (χ2n) is 7.50. The van der Waals surface area contributed by atoms with Crippen molar-refractivity contribution in [3.05, 3.63) is 72.3 Å². The van der Waals surface area contributed by atoms with Gasteiger partial charge < -0.3 is 0 Å². The summed E-state index contributed by atoms with van der Waals surface area (Å²) in [6.07, 6.45) is 6.51. The minimum Gasteiger partial charge on any atom is -0.276 e. The molecular weight excluding hydrogens is 344 g/mol. The van der Waals surface area contributed by atoms with Crippen LogP contribution in [0.4, 0.5) is 0 Å². The van der Waals surface area contributed by atoms with E-state index in [9.17, 15) is 0 Å². The quantitative estimate of drug-likeness (QED) is 0.380. The third-order valence-corrected chi connectivity index (χ3v) is 5.57. The third kappa shape index (κ3) is 2.34. The molecule has 0 aliphatic rings. The van der Waals surface area contributed by atoms with Crippen LogP contribution in [0.15, 0.2) is 61.2 Å². The summed E-state index contributed by atoms with van der Waals surface area (Å²) in [5, 5.41) is 3.30. The summed E-state index contributed by atoms with van der Waals surface area (Å²) in [6.45, 7) is 6.70. The predicted molar refractivity (Wildman–Crippen MR) is 115 cm³/mol. The van der Waals surface area contributed by atoms with Crippen LogP contribution in [0.5, 0.6) is 0 Å². The van der Waals surface area contributed by atoms with Crippen molar-refractivity contribution in [2.24, 2.45) is 0 Å². The van der Waals surface area contributed by atoms with E-state index in [1.807, 2.05) is 12.4 Å². The van der Waals surface area contributed by atoms with E-state index in [1.54, 1.807) is 6.33 Å². The fourth-order valence-electron chi connectivity index (χ4n) is 4.25. The topological polar surface area (TPSA) is 43.1 Å². The van der Waals surface area contributed by atoms with Crippen LogP contribution in [0.25, 0.3) is 38.7 Å². The van der Waals surface area contributed by atoms with Crippen molar-refractivity contribution in [2.45, 2.75) is 33.1 Å². The monoisotopic (exact) mass is 366 g/mol. The minimum atomic E-state index is 0.424. The van der Waals surface area contributed by atoms with E-state index < -0.39 is 0 Å². The molecule has 0 atom stereocenters. The van der Waals surface area contributed by atoms with Crippen LogP contribution >= 0.6 is 0 Å². The standard InChI is InChI=1S/C24H22N4/c1-4-16-8-7-11-17(15(2)3)22(16)21-13-26-23-19-10-6-5-9-18(19)20-12-25-14-27-24(20)28(21)23/h5-15H,4H2,1-3H3. The van der Waals surface area contributed by atoms with Crippen molar-refractivity contribution < 1.29 is 0 Å². The molecule has 0 aliphatic heterocycles. The lowest BCUT2D eigenvalue weighted by Gasteiger charge is -2.17. The molecular formula is C24H22N4. The average Bonchev–Trinajstić information content (AvgIpc) is 3.18. The first-order valence-electron chi connectivity index (χ1n) is 9.80. The van der Waals surface area contributed by atoms with Crippen molar-refractivity contribution in [1.29, 1.82) is 0 Å². The molecule has 0 amide bonds. The highest BCUT2D eigenvalue weighted by Crippen LogP contribution is 2.36. The van der Waals surface area contributed by atoms with Gasteiger partial charge in [0.2, 0.25) is 0 Å². The van der Waals surface area contributed by atoms with Crippen LogP contribution in [0.1, 0.15) is 37.8 Å². The van der Waals surface area contributed by atoms with Crippen molar-refractivity contribution in [1.82, 2.24) is 19.4 Å². The fourth-order valence-corrected chi connectivity index (χ4v) is 4.25. The molecule has 0 radical (unpaired) electrons. The highest BCUT2D eigenvalue weighted by molar-refractivity contribution is 6.11. The Kier molecular flexibility index (Phi) is 3.86. The zero-order valence-electron chi connectivity index (χ0n) is 16.3. The van der Waals surface area contributed by atoms with Gasteiger partial charge in [0.15, 0.2) is 0 Å². The molecule has 5 aromatic rings. The van der Waals surface area contributed by atoms with Crippen molar-refractivity contribution >= 4 is 27.5 Å². The van der Waals surface area contributed by atoms with Gasteiger partial charge in [0.1, 0.15) is 17.6 Å². The Morgan fingerprint density at radius 1 is 0.857 bits per heavy atom. The molecule has 3 heterocycles. The van der Waals surface area contributed by atoms with Crippen LogP contribution in [0.3, 0.4) is 0 Å². The zero-order valence-corrected chi connectivity index (χ0v) is 16.3. The first-order valence-corrected chi connectivity index (χ1v) is 9.80. The third-order valence-electron chi connectivity index (χ3n) is 5.57. The Morgan fingerprint density at radius 2 is 1.64 bits per heavy atom. The van der Waals surface area contributed by atoms with Crippen LogP contribution in [-0.4, -0.2) is 19.4 Å². The summed E-state index contributed by atoms with van der Waals surface area (Å²) in [7, 11) is 0. The SMILES string of the molecule is CCc1cccc(C(C)C)c1-c1cnc2c3ccccc3c3cncnc3n12. The molecule has 0 bridgehead atoms. The largest absolute Gasteiger partial charge is 0.276 e. The maximum absolute atomic E-state index is 4.85. The van der Waals surface area contributed by atoms with Crippen LogP contribution in [-0.2, 0) is 6.42 Å². The number of benzene rings is 2. The van der Waals surface area contributed by atoms with Gasteiger partial charge in [-0.15, -0.1) is 0 Å². The number of aromatic nitrogens is 4. The Morgan fingerprint density at radius 3 is 2.43 bits per heavy atom. The number of rotatable bonds is 3. The summed E-state index contributed by atoms with van der Waals surface area (Å²) < 4.78 is 2.21. The van der Waals surface area contributed by atoms with Gasteiger partial charge in [-0.25, -0.2) is 15.0 Å². The Bertz CT molecular complexity index is 1330. The van der Waals surface area contributed by atoms with Gasteiger partial charge in [0.05, 0.1) is 11.9 Å². The van der Waals surface area contributed by atoms with Crippen LogP contribution in [0, 0.1) is 0 Å². The van der Waals surface area contributed by atoms with Gasteiger partial charge >= 0.3 is 0 Å². The molecule has 4 nitrogen and oxygen atoms in total. The van der Waals surface area contributed by atoms with E-state index in [1.165, 1.54) is 16.7 Å². The summed E-state index contributed by atoms with van der Waals surface area (Å²) >= 11 is 0. The van der Waals surface area contributed by atoms with Gasteiger partial charge in [0.25, 0.3) is 0 Å². The smallest absolute Gasteiger partial charge is 0.150 e. The van der Waals surface area contributed by atoms with Crippen molar-refractivity contribution in [3.63, 3.8) is 0 Å². The maximum atomic E-state index is 4.85. The molecule has 5 rings (SSSR count). The Balaban J connectivity index is 2.00. The number of pyridine rings is 1. The Hall–Kier alpha value is -3.27. The van der Waals surface area contributed by atoms with Gasteiger partial charge in [-0.1, -0.05) is 63.2 Å². The molecule has 0 N–H and O–H groups in total. The van der Waals surface area contributed by atoms with Crippen LogP contribution in [0.2, 0.25) is 0 Å². The molecule has 3 aromatic heterocycles. The normalized spacial score (nSPS) is 11.9. The number of imidazole rings is 1. The number of fused-ring (bicyclic) bond motifs is 6. The van der Waals surface area contributed by atoms with E-state index in [2.05, 4.69) is 77.6 Å². The van der Waals surface area contributed by atoms with E-state index >= 15 is 0 Å². The van der Waals surface area contributed by atoms with Gasteiger partial charge in [0, 0.05) is 22.5 Å². The lowest BCUT2D eigenvalue weighted by Crippen LogP contribution is -2.02. The molecule has 0 spiro atoms.